The van der Waals surface area contributed by atoms with Crippen LogP contribution in [0, 0.1) is 0 Å². The molecule has 2 heteroatoms. The monoisotopic (exact) mass is 211 g/mol. The van der Waals surface area contributed by atoms with Crippen molar-refractivity contribution < 1.29 is 5.11 Å². The Morgan fingerprint density at radius 2 is 1.75 bits per heavy atom. The molecule has 0 fully saturated rings. The molecule has 2 rings (SSSR count). The van der Waals surface area contributed by atoms with Crippen molar-refractivity contribution >= 4 is 5.57 Å². The molecule has 80 valence electrons. The Kier molecular flexibility index (Phi) is 3.13. The molecule has 1 aromatic heterocycles. The molecular weight excluding hydrogens is 198 g/mol. The minimum absolute atomic E-state index is 0.622. The summed E-state index contributed by atoms with van der Waals surface area (Å²) in [5.41, 5.74) is 2.22. The molecule has 2 nitrogen and oxygen atoms in total. The molecule has 0 saturated heterocycles. The third-order valence-corrected chi connectivity index (χ3v) is 2.44. The lowest BCUT2D eigenvalue weighted by molar-refractivity contribution is 0.233. The second kappa shape index (κ2) is 4.73. The van der Waals surface area contributed by atoms with E-state index in [1.807, 2.05) is 42.5 Å². The largest absolute Gasteiger partial charge is 0.382 e. The Morgan fingerprint density at radius 3 is 2.38 bits per heavy atom. The number of hydrogen-bond acceptors (Lipinski definition) is 2. The summed E-state index contributed by atoms with van der Waals surface area (Å²) in [5, 5.41) is 10.1. The standard InChI is InChI=1S/C14H13NO/c1-11(12-7-3-2-4-8-12)14(16)13-9-5-6-10-15-13/h2-10,14,16H,1H2. The van der Waals surface area contributed by atoms with Crippen LogP contribution >= 0.6 is 0 Å². The van der Waals surface area contributed by atoms with E-state index in [4.69, 9.17) is 0 Å². The van der Waals surface area contributed by atoms with E-state index in [2.05, 4.69) is 11.6 Å². The highest BCUT2D eigenvalue weighted by atomic mass is 16.3. The van der Waals surface area contributed by atoms with Crippen LogP contribution in [-0.4, -0.2) is 10.1 Å². The summed E-state index contributed by atoms with van der Waals surface area (Å²) in [5.74, 6) is 0. The van der Waals surface area contributed by atoms with Gasteiger partial charge in [-0.15, -0.1) is 0 Å². The van der Waals surface area contributed by atoms with Crippen LogP contribution in [0.2, 0.25) is 0 Å². The summed E-state index contributed by atoms with van der Waals surface area (Å²) < 4.78 is 0. The summed E-state index contributed by atoms with van der Waals surface area (Å²) in [4.78, 5) is 4.11. The van der Waals surface area contributed by atoms with E-state index in [0.717, 1.165) is 5.56 Å². The molecular formula is C14H13NO. The van der Waals surface area contributed by atoms with E-state index in [0.29, 0.717) is 11.3 Å². The smallest absolute Gasteiger partial charge is 0.121 e. The molecule has 0 aliphatic carbocycles. The number of benzene rings is 1. The van der Waals surface area contributed by atoms with Gasteiger partial charge in [0.15, 0.2) is 0 Å². The van der Waals surface area contributed by atoms with E-state index >= 15 is 0 Å². The molecule has 0 aliphatic heterocycles. The minimum Gasteiger partial charge on any atom is -0.382 e. The number of nitrogens with zero attached hydrogens (tertiary/aromatic N) is 1. The first-order chi connectivity index (χ1) is 7.79. The Labute approximate surface area is 94.9 Å². The molecule has 1 N–H and O–H groups in total. The SMILES string of the molecule is C=C(c1ccccc1)C(O)c1ccccn1. The van der Waals surface area contributed by atoms with Crippen molar-refractivity contribution in [2.75, 3.05) is 0 Å². The molecule has 0 aliphatic rings. The lowest BCUT2D eigenvalue weighted by Gasteiger charge is -2.13. The summed E-state index contributed by atoms with van der Waals surface area (Å²) in [6, 6.07) is 15.1. The third kappa shape index (κ3) is 2.18. The summed E-state index contributed by atoms with van der Waals surface area (Å²) >= 11 is 0. The van der Waals surface area contributed by atoms with Gasteiger partial charge in [-0.25, -0.2) is 0 Å². The van der Waals surface area contributed by atoms with Crippen molar-refractivity contribution in [3.05, 3.63) is 72.6 Å². The van der Waals surface area contributed by atoms with Gasteiger partial charge in [0, 0.05) is 6.20 Å². The predicted molar refractivity (Wildman–Crippen MR) is 64.7 cm³/mol. The van der Waals surface area contributed by atoms with Crippen LogP contribution in [0.5, 0.6) is 0 Å². The van der Waals surface area contributed by atoms with Gasteiger partial charge < -0.3 is 5.11 Å². The fourth-order valence-electron chi connectivity index (χ4n) is 1.53. The van der Waals surface area contributed by atoms with Gasteiger partial charge in [0.2, 0.25) is 0 Å². The molecule has 0 saturated carbocycles. The number of aliphatic hydroxyl groups is 1. The van der Waals surface area contributed by atoms with Crippen LogP contribution in [0.25, 0.3) is 5.57 Å². The highest BCUT2D eigenvalue weighted by Gasteiger charge is 2.13. The Hall–Kier alpha value is -1.93. The van der Waals surface area contributed by atoms with E-state index in [1.54, 1.807) is 12.3 Å². The molecule has 1 unspecified atom stereocenters. The fourth-order valence-corrected chi connectivity index (χ4v) is 1.53. The molecule has 0 bridgehead atoms. The second-order valence-electron chi connectivity index (χ2n) is 3.55. The first-order valence-corrected chi connectivity index (χ1v) is 5.12. The van der Waals surface area contributed by atoms with Crippen LogP contribution < -0.4 is 0 Å². The van der Waals surface area contributed by atoms with E-state index in [9.17, 15) is 5.11 Å². The van der Waals surface area contributed by atoms with E-state index < -0.39 is 6.10 Å². The Balaban J connectivity index is 2.24. The molecule has 1 heterocycles. The number of aromatic nitrogens is 1. The summed E-state index contributed by atoms with van der Waals surface area (Å²) in [6.07, 6.45) is 0.917. The first kappa shape index (κ1) is 10.6. The Bertz CT molecular complexity index is 465. The number of rotatable bonds is 3. The zero-order valence-corrected chi connectivity index (χ0v) is 8.88. The maximum absolute atomic E-state index is 10.1. The van der Waals surface area contributed by atoms with Crippen LogP contribution in [0.1, 0.15) is 17.4 Å². The molecule has 16 heavy (non-hydrogen) atoms. The molecule has 0 radical (unpaired) electrons. The van der Waals surface area contributed by atoms with Crippen molar-refractivity contribution in [2.45, 2.75) is 6.10 Å². The quantitative estimate of drug-likeness (QED) is 0.846. The number of hydrogen-bond donors (Lipinski definition) is 1. The fraction of sp³-hybridized carbons (Fsp3) is 0.0714. The lowest BCUT2D eigenvalue weighted by atomic mass is 10.00. The normalized spacial score (nSPS) is 12.1. The first-order valence-electron chi connectivity index (χ1n) is 5.12. The van der Waals surface area contributed by atoms with E-state index in [-0.39, 0.29) is 0 Å². The van der Waals surface area contributed by atoms with Crippen LogP contribution in [0.3, 0.4) is 0 Å². The zero-order valence-electron chi connectivity index (χ0n) is 8.88. The number of aliphatic hydroxyl groups excluding tert-OH is 1. The maximum atomic E-state index is 10.1. The van der Waals surface area contributed by atoms with Crippen molar-refractivity contribution in [1.82, 2.24) is 4.98 Å². The average molecular weight is 211 g/mol. The van der Waals surface area contributed by atoms with Crippen LogP contribution in [0.15, 0.2) is 61.3 Å². The van der Waals surface area contributed by atoms with Gasteiger partial charge in [0.25, 0.3) is 0 Å². The molecule has 1 aromatic carbocycles. The molecule has 0 amide bonds. The van der Waals surface area contributed by atoms with Gasteiger partial charge in [-0.05, 0) is 23.3 Å². The highest BCUT2D eigenvalue weighted by Crippen LogP contribution is 2.26. The van der Waals surface area contributed by atoms with Gasteiger partial charge in [-0.3, -0.25) is 4.98 Å². The Morgan fingerprint density at radius 1 is 1.06 bits per heavy atom. The van der Waals surface area contributed by atoms with Crippen molar-refractivity contribution in [3.8, 4) is 0 Å². The van der Waals surface area contributed by atoms with Crippen LogP contribution in [0.4, 0.5) is 0 Å². The molecule has 0 spiro atoms. The van der Waals surface area contributed by atoms with Crippen molar-refractivity contribution in [3.63, 3.8) is 0 Å². The van der Waals surface area contributed by atoms with Gasteiger partial charge in [-0.1, -0.05) is 43.0 Å². The topological polar surface area (TPSA) is 33.1 Å². The second-order valence-corrected chi connectivity index (χ2v) is 3.55. The van der Waals surface area contributed by atoms with Crippen molar-refractivity contribution in [1.29, 1.82) is 0 Å². The zero-order chi connectivity index (χ0) is 11.4. The lowest BCUT2D eigenvalue weighted by Crippen LogP contribution is -2.01. The molecule has 1 atom stereocenters. The van der Waals surface area contributed by atoms with Gasteiger partial charge in [0.1, 0.15) is 6.10 Å². The summed E-state index contributed by atoms with van der Waals surface area (Å²) in [7, 11) is 0. The van der Waals surface area contributed by atoms with Gasteiger partial charge >= 0.3 is 0 Å². The maximum Gasteiger partial charge on any atom is 0.121 e. The van der Waals surface area contributed by atoms with Gasteiger partial charge in [-0.2, -0.15) is 0 Å². The summed E-state index contributed by atoms with van der Waals surface area (Å²) in [6.45, 7) is 3.91. The highest BCUT2D eigenvalue weighted by molar-refractivity contribution is 5.67. The minimum atomic E-state index is -0.747. The van der Waals surface area contributed by atoms with Crippen LogP contribution in [-0.2, 0) is 0 Å². The average Bonchev–Trinajstić information content (AvgIpc) is 2.39. The predicted octanol–water partition coefficient (Wildman–Crippen LogP) is 2.83. The van der Waals surface area contributed by atoms with Gasteiger partial charge in [0.05, 0.1) is 5.69 Å². The molecule has 2 aromatic rings. The van der Waals surface area contributed by atoms with Crippen molar-refractivity contribution in [2.24, 2.45) is 0 Å². The number of pyridine rings is 1. The third-order valence-electron chi connectivity index (χ3n) is 2.44. The van der Waals surface area contributed by atoms with E-state index in [1.165, 1.54) is 0 Å².